The maximum Gasteiger partial charge on any atom is 0.221 e. The van der Waals surface area contributed by atoms with Crippen molar-refractivity contribution in [1.82, 2.24) is 14.9 Å². The van der Waals surface area contributed by atoms with Gasteiger partial charge in [-0.05, 0) is 65.5 Å². The number of hydrogen-bond donors (Lipinski definition) is 2. The van der Waals surface area contributed by atoms with Gasteiger partial charge in [0.25, 0.3) is 0 Å². The molecule has 9 nitrogen and oxygen atoms in total. The SMILES string of the molecule is COCCOc1cc(O[C@@H](C)[C@@H]2CCCN2C)nc(C(=N)C2=C(O)[C@]3(CCCCC3=O)CCC2)n1. The van der Waals surface area contributed by atoms with E-state index in [4.69, 9.17) is 19.6 Å². The number of nitrogens with zero attached hydrogens (tertiary/aromatic N) is 3. The van der Waals surface area contributed by atoms with Crippen LogP contribution in [0.15, 0.2) is 17.4 Å². The molecule has 1 aromatic rings. The number of aliphatic hydroxyl groups excluding tert-OH is 1. The number of likely N-dealkylation sites (tertiary alicyclic amines) is 1. The van der Waals surface area contributed by atoms with Crippen LogP contribution in [0.3, 0.4) is 0 Å². The molecule has 35 heavy (non-hydrogen) atoms. The number of aliphatic hydroxyl groups is 1. The van der Waals surface area contributed by atoms with Gasteiger partial charge in [-0.2, -0.15) is 9.97 Å². The molecule has 4 rings (SSSR count). The Balaban J connectivity index is 1.64. The number of aromatic nitrogens is 2. The lowest BCUT2D eigenvalue weighted by Crippen LogP contribution is -2.39. The zero-order chi connectivity index (χ0) is 25.0. The van der Waals surface area contributed by atoms with Crippen LogP contribution in [0.5, 0.6) is 11.8 Å². The number of ketones is 1. The van der Waals surface area contributed by atoms with Crippen molar-refractivity contribution in [2.75, 3.05) is 33.9 Å². The molecule has 1 spiro atoms. The van der Waals surface area contributed by atoms with Gasteiger partial charge >= 0.3 is 0 Å². The molecule has 0 aromatic carbocycles. The van der Waals surface area contributed by atoms with E-state index in [9.17, 15) is 9.90 Å². The summed E-state index contributed by atoms with van der Waals surface area (Å²) in [7, 11) is 3.69. The Morgan fingerprint density at radius 2 is 1.97 bits per heavy atom. The molecule has 2 fully saturated rings. The molecule has 0 bridgehead atoms. The Bertz CT molecular complexity index is 980. The van der Waals surface area contributed by atoms with Crippen LogP contribution in [0, 0.1) is 10.8 Å². The van der Waals surface area contributed by atoms with Crippen molar-refractivity contribution in [2.45, 2.75) is 76.9 Å². The minimum atomic E-state index is -0.856. The summed E-state index contributed by atoms with van der Waals surface area (Å²) in [4.78, 5) is 24.1. The highest BCUT2D eigenvalue weighted by Crippen LogP contribution is 2.48. The quantitative estimate of drug-likeness (QED) is 0.399. The van der Waals surface area contributed by atoms with E-state index in [1.807, 2.05) is 6.92 Å². The summed E-state index contributed by atoms with van der Waals surface area (Å²) in [5.41, 5.74) is -0.381. The Labute approximate surface area is 207 Å². The van der Waals surface area contributed by atoms with Crippen molar-refractivity contribution in [3.63, 3.8) is 0 Å². The van der Waals surface area contributed by atoms with E-state index in [0.717, 1.165) is 38.6 Å². The first-order valence-electron chi connectivity index (χ1n) is 12.8. The van der Waals surface area contributed by atoms with E-state index in [2.05, 4.69) is 21.9 Å². The molecule has 2 heterocycles. The van der Waals surface area contributed by atoms with Crippen molar-refractivity contribution in [2.24, 2.45) is 5.41 Å². The molecule has 0 radical (unpaired) electrons. The zero-order valence-corrected chi connectivity index (χ0v) is 21.1. The van der Waals surface area contributed by atoms with Crippen LogP contribution in [0.1, 0.15) is 70.5 Å². The predicted octanol–water partition coefficient (Wildman–Crippen LogP) is 3.86. The molecular formula is C26H38N4O5. The average molecular weight is 487 g/mol. The molecule has 1 aromatic heterocycles. The molecule has 3 atom stereocenters. The third-order valence-electron chi connectivity index (χ3n) is 7.73. The molecule has 192 valence electrons. The first-order valence-corrected chi connectivity index (χ1v) is 12.8. The number of nitrogens with one attached hydrogen (secondary N) is 1. The maximum atomic E-state index is 12.9. The summed E-state index contributed by atoms with van der Waals surface area (Å²) >= 11 is 0. The minimum Gasteiger partial charge on any atom is -0.511 e. The second kappa shape index (κ2) is 11.0. The summed E-state index contributed by atoms with van der Waals surface area (Å²) < 4.78 is 17.0. The molecule has 1 aliphatic heterocycles. The molecule has 2 aliphatic carbocycles. The lowest BCUT2D eigenvalue weighted by molar-refractivity contribution is -0.131. The first kappa shape index (κ1) is 25.6. The second-order valence-corrected chi connectivity index (χ2v) is 9.99. The summed E-state index contributed by atoms with van der Waals surface area (Å²) in [6, 6.07) is 1.92. The standard InChI is InChI=1S/C26H38N4O5/c1-17(19-9-7-13-30(19)2)35-22-16-21(34-15-14-33-3)28-25(29-22)23(27)18-8-6-12-26(24(18)32)11-5-4-10-20(26)31/h16-17,19,27,32H,4-15H2,1-3H3/t17-,19-,26+/m0/s1. The summed E-state index contributed by atoms with van der Waals surface area (Å²) in [5.74, 6) is 0.875. The normalized spacial score (nSPS) is 26.3. The van der Waals surface area contributed by atoms with E-state index < -0.39 is 5.41 Å². The molecule has 1 saturated carbocycles. The van der Waals surface area contributed by atoms with Gasteiger partial charge in [-0.25, -0.2) is 0 Å². The number of carbonyl (C=O) groups excluding carboxylic acids is 1. The van der Waals surface area contributed by atoms with Gasteiger partial charge in [0.1, 0.15) is 30.0 Å². The first-order chi connectivity index (χ1) is 16.9. The van der Waals surface area contributed by atoms with E-state index in [-0.39, 0.29) is 41.1 Å². The number of Topliss-reactive ketones (excluding diaryl/α,β-unsaturated/α-hetero) is 1. The topological polar surface area (TPSA) is 118 Å². The second-order valence-electron chi connectivity index (χ2n) is 9.99. The van der Waals surface area contributed by atoms with E-state index in [1.54, 1.807) is 13.2 Å². The summed E-state index contributed by atoms with van der Waals surface area (Å²) in [6.45, 7) is 3.76. The number of methoxy groups -OCH3 is 1. The fourth-order valence-electron chi connectivity index (χ4n) is 5.75. The molecule has 0 amide bonds. The van der Waals surface area contributed by atoms with Gasteiger partial charge in [-0.1, -0.05) is 6.42 Å². The monoisotopic (exact) mass is 486 g/mol. The van der Waals surface area contributed by atoms with Crippen LogP contribution in [0.4, 0.5) is 0 Å². The largest absolute Gasteiger partial charge is 0.511 e. The Morgan fingerprint density at radius 3 is 2.69 bits per heavy atom. The van der Waals surface area contributed by atoms with Gasteiger partial charge in [0.05, 0.1) is 18.1 Å². The van der Waals surface area contributed by atoms with Gasteiger partial charge in [-0.3, -0.25) is 15.1 Å². The van der Waals surface area contributed by atoms with Gasteiger partial charge in [0, 0.05) is 25.1 Å². The highest BCUT2D eigenvalue weighted by molar-refractivity contribution is 6.09. The van der Waals surface area contributed by atoms with Gasteiger partial charge in [0.15, 0.2) is 5.82 Å². The Morgan fingerprint density at radius 1 is 1.20 bits per heavy atom. The maximum absolute atomic E-state index is 12.9. The van der Waals surface area contributed by atoms with Crippen molar-refractivity contribution >= 4 is 11.5 Å². The number of hydrogen-bond acceptors (Lipinski definition) is 9. The zero-order valence-electron chi connectivity index (χ0n) is 21.1. The van der Waals surface area contributed by atoms with Gasteiger partial charge in [0.2, 0.25) is 11.8 Å². The van der Waals surface area contributed by atoms with Crippen LogP contribution in [0.25, 0.3) is 0 Å². The predicted molar refractivity (Wildman–Crippen MR) is 131 cm³/mol. The number of allylic oxidation sites excluding steroid dienone is 2. The molecule has 1 saturated heterocycles. The van der Waals surface area contributed by atoms with Crippen molar-refractivity contribution in [1.29, 1.82) is 5.41 Å². The molecule has 9 heteroatoms. The Kier molecular flexibility index (Phi) is 8.06. The van der Waals surface area contributed by atoms with Gasteiger partial charge in [-0.15, -0.1) is 0 Å². The third kappa shape index (κ3) is 5.35. The minimum absolute atomic E-state index is 0.0210. The van der Waals surface area contributed by atoms with Crippen LogP contribution in [-0.2, 0) is 9.53 Å². The summed E-state index contributed by atoms with van der Waals surface area (Å²) in [5, 5.41) is 20.2. The van der Waals surface area contributed by atoms with E-state index in [0.29, 0.717) is 50.4 Å². The highest BCUT2D eigenvalue weighted by Gasteiger charge is 2.47. The number of rotatable bonds is 9. The van der Waals surface area contributed by atoms with Crippen LogP contribution >= 0.6 is 0 Å². The number of carbonyl (C=O) groups is 1. The lowest BCUT2D eigenvalue weighted by Gasteiger charge is -2.39. The van der Waals surface area contributed by atoms with Crippen molar-refractivity contribution < 1.29 is 24.1 Å². The van der Waals surface area contributed by atoms with E-state index >= 15 is 0 Å². The number of ether oxygens (including phenoxy) is 3. The smallest absolute Gasteiger partial charge is 0.221 e. The van der Waals surface area contributed by atoms with Crippen molar-refractivity contribution in [3.8, 4) is 11.8 Å². The average Bonchev–Trinajstić information content (AvgIpc) is 3.28. The fraction of sp³-hybridized carbons (Fsp3) is 0.692. The number of likely N-dealkylation sites (N-methyl/N-ethyl adjacent to an activating group) is 1. The summed E-state index contributed by atoms with van der Waals surface area (Å²) in [6.07, 6.45) is 6.86. The molecule has 2 N–H and O–H groups in total. The molecular weight excluding hydrogens is 448 g/mol. The molecule has 0 unspecified atom stereocenters. The Hall–Kier alpha value is -2.52. The third-order valence-corrected chi connectivity index (χ3v) is 7.73. The fourth-order valence-corrected chi connectivity index (χ4v) is 5.75. The van der Waals surface area contributed by atoms with Crippen molar-refractivity contribution in [3.05, 3.63) is 23.2 Å². The van der Waals surface area contributed by atoms with E-state index in [1.165, 1.54) is 0 Å². The van der Waals surface area contributed by atoms with Crippen LogP contribution < -0.4 is 9.47 Å². The van der Waals surface area contributed by atoms with Gasteiger partial charge < -0.3 is 19.3 Å². The lowest BCUT2D eigenvalue weighted by atomic mass is 9.64. The van der Waals surface area contributed by atoms with Crippen LogP contribution in [-0.4, -0.2) is 77.5 Å². The highest BCUT2D eigenvalue weighted by atomic mass is 16.5. The van der Waals surface area contributed by atoms with Crippen LogP contribution in [0.2, 0.25) is 0 Å². The molecule has 3 aliphatic rings.